The minimum Gasteiger partial charge on any atom is -0.316 e. The lowest BCUT2D eigenvalue weighted by molar-refractivity contribution is 0.410. The van der Waals surface area contributed by atoms with Crippen LogP contribution >= 0.6 is 23.1 Å². The molecule has 2 heterocycles. The van der Waals surface area contributed by atoms with Gasteiger partial charge >= 0.3 is 0 Å². The van der Waals surface area contributed by atoms with Gasteiger partial charge in [-0.05, 0) is 31.8 Å². The summed E-state index contributed by atoms with van der Waals surface area (Å²) in [7, 11) is 0. The first-order chi connectivity index (χ1) is 6.45. The van der Waals surface area contributed by atoms with Gasteiger partial charge in [0, 0.05) is 17.3 Å². The zero-order valence-corrected chi connectivity index (χ0v) is 9.16. The van der Waals surface area contributed by atoms with Crippen molar-refractivity contribution in [1.82, 2.24) is 10.3 Å². The van der Waals surface area contributed by atoms with Crippen molar-refractivity contribution >= 4 is 23.1 Å². The van der Waals surface area contributed by atoms with Crippen LogP contribution in [-0.2, 0) is 0 Å². The molecule has 13 heavy (non-hydrogen) atoms. The molecule has 0 aliphatic carbocycles. The second-order valence-corrected chi connectivity index (χ2v) is 5.48. The van der Waals surface area contributed by atoms with Crippen molar-refractivity contribution in [2.24, 2.45) is 5.92 Å². The quantitative estimate of drug-likeness (QED) is 0.781. The van der Waals surface area contributed by atoms with Crippen molar-refractivity contribution in [3.8, 4) is 0 Å². The molecule has 1 aliphatic heterocycles. The van der Waals surface area contributed by atoms with Crippen LogP contribution < -0.4 is 5.32 Å². The SMILES string of the molecule is c1csc(SC[C@@H]2CCCNC2)n1. The molecule has 1 aromatic rings. The molecule has 0 aromatic carbocycles. The highest BCUT2D eigenvalue weighted by Crippen LogP contribution is 2.24. The molecule has 0 radical (unpaired) electrons. The zero-order valence-electron chi connectivity index (χ0n) is 7.53. The Balaban J connectivity index is 1.72. The molecule has 1 saturated heterocycles. The molecular weight excluding hydrogens is 200 g/mol. The van der Waals surface area contributed by atoms with Crippen molar-refractivity contribution in [1.29, 1.82) is 0 Å². The zero-order chi connectivity index (χ0) is 8.93. The van der Waals surface area contributed by atoms with Crippen LogP contribution in [0, 0.1) is 5.92 Å². The van der Waals surface area contributed by atoms with Gasteiger partial charge in [0.1, 0.15) is 4.34 Å². The van der Waals surface area contributed by atoms with E-state index in [0.717, 1.165) is 5.92 Å². The number of nitrogens with one attached hydrogen (secondary N) is 1. The average molecular weight is 214 g/mol. The molecule has 0 saturated carbocycles. The van der Waals surface area contributed by atoms with E-state index in [0.29, 0.717) is 0 Å². The molecule has 1 N–H and O–H groups in total. The van der Waals surface area contributed by atoms with Crippen molar-refractivity contribution in [2.45, 2.75) is 17.2 Å². The Morgan fingerprint density at radius 1 is 1.69 bits per heavy atom. The standard InChI is InChI=1S/C9H14N2S2/c1-2-8(6-10-3-1)7-13-9-11-4-5-12-9/h4-5,8,10H,1-3,6-7H2/t8-/m1/s1. The molecule has 0 unspecified atom stereocenters. The van der Waals surface area contributed by atoms with Gasteiger partial charge in [-0.15, -0.1) is 11.3 Å². The summed E-state index contributed by atoms with van der Waals surface area (Å²) in [5.41, 5.74) is 0. The van der Waals surface area contributed by atoms with E-state index in [2.05, 4.69) is 10.3 Å². The fraction of sp³-hybridized carbons (Fsp3) is 0.667. The van der Waals surface area contributed by atoms with Gasteiger partial charge < -0.3 is 5.32 Å². The van der Waals surface area contributed by atoms with Crippen LogP contribution in [-0.4, -0.2) is 23.8 Å². The van der Waals surface area contributed by atoms with Gasteiger partial charge in [-0.3, -0.25) is 0 Å². The number of thiazole rings is 1. The number of aromatic nitrogens is 1. The van der Waals surface area contributed by atoms with E-state index in [1.54, 1.807) is 11.3 Å². The van der Waals surface area contributed by atoms with Crippen LogP contribution in [0.15, 0.2) is 15.9 Å². The van der Waals surface area contributed by atoms with Crippen LogP contribution in [0.2, 0.25) is 0 Å². The van der Waals surface area contributed by atoms with E-state index in [1.807, 2.05) is 23.3 Å². The molecule has 0 bridgehead atoms. The normalized spacial score (nSPS) is 23.2. The molecular formula is C9H14N2S2. The molecule has 1 fully saturated rings. The van der Waals surface area contributed by atoms with Crippen molar-refractivity contribution in [3.05, 3.63) is 11.6 Å². The number of hydrogen-bond donors (Lipinski definition) is 1. The fourth-order valence-electron chi connectivity index (χ4n) is 1.54. The van der Waals surface area contributed by atoms with Gasteiger partial charge in [-0.2, -0.15) is 0 Å². The topological polar surface area (TPSA) is 24.9 Å². The molecule has 0 amide bonds. The number of nitrogens with zero attached hydrogens (tertiary/aromatic N) is 1. The first-order valence-corrected chi connectivity index (χ1v) is 6.54. The van der Waals surface area contributed by atoms with Crippen molar-refractivity contribution in [3.63, 3.8) is 0 Å². The Kier molecular flexibility index (Phi) is 3.64. The number of rotatable bonds is 3. The first-order valence-electron chi connectivity index (χ1n) is 4.68. The molecule has 2 rings (SSSR count). The third kappa shape index (κ3) is 2.97. The monoisotopic (exact) mass is 214 g/mol. The van der Waals surface area contributed by atoms with Gasteiger partial charge in [0.15, 0.2) is 0 Å². The predicted molar refractivity (Wildman–Crippen MR) is 58.4 cm³/mol. The van der Waals surface area contributed by atoms with E-state index < -0.39 is 0 Å². The summed E-state index contributed by atoms with van der Waals surface area (Å²) in [5.74, 6) is 2.07. The maximum atomic E-state index is 4.26. The minimum atomic E-state index is 0.850. The molecule has 2 nitrogen and oxygen atoms in total. The molecule has 1 atom stereocenters. The lowest BCUT2D eigenvalue weighted by Gasteiger charge is -2.21. The third-order valence-electron chi connectivity index (χ3n) is 2.25. The van der Waals surface area contributed by atoms with E-state index >= 15 is 0 Å². The third-order valence-corrected chi connectivity index (χ3v) is 4.45. The summed E-state index contributed by atoms with van der Waals surface area (Å²) in [6, 6.07) is 0. The largest absolute Gasteiger partial charge is 0.316 e. The van der Waals surface area contributed by atoms with Gasteiger partial charge in [0.2, 0.25) is 0 Å². The summed E-state index contributed by atoms with van der Waals surface area (Å²) in [6.07, 6.45) is 4.60. The van der Waals surface area contributed by atoms with E-state index in [1.165, 1.54) is 36.0 Å². The fourth-order valence-corrected chi connectivity index (χ4v) is 3.34. The Bertz CT molecular complexity index is 230. The van der Waals surface area contributed by atoms with Crippen molar-refractivity contribution < 1.29 is 0 Å². The van der Waals surface area contributed by atoms with E-state index in [4.69, 9.17) is 0 Å². The highest BCUT2D eigenvalue weighted by molar-refractivity contribution is 8.01. The van der Waals surface area contributed by atoms with E-state index in [9.17, 15) is 0 Å². The summed E-state index contributed by atoms with van der Waals surface area (Å²) < 4.78 is 1.21. The number of piperidine rings is 1. The second kappa shape index (κ2) is 4.98. The number of hydrogen-bond acceptors (Lipinski definition) is 4. The van der Waals surface area contributed by atoms with Crippen LogP contribution in [0.25, 0.3) is 0 Å². The van der Waals surface area contributed by atoms with Crippen LogP contribution in [0.4, 0.5) is 0 Å². The van der Waals surface area contributed by atoms with Gasteiger partial charge in [0.25, 0.3) is 0 Å². The molecule has 1 aromatic heterocycles. The number of thioether (sulfide) groups is 1. The summed E-state index contributed by atoms with van der Waals surface area (Å²) >= 11 is 3.64. The second-order valence-electron chi connectivity index (χ2n) is 3.32. The smallest absolute Gasteiger partial charge is 0.149 e. The maximum Gasteiger partial charge on any atom is 0.149 e. The summed E-state index contributed by atoms with van der Waals surface area (Å²) in [4.78, 5) is 4.26. The Labute approximate surface area is 87.1 Å². The lowest BCUT2D eigenvalue weighted by atomic mass is 10.0. The average Bonchev–Trinajstić information content (AvgIpc) is 2.69. The van der Waals surface area contributed by atoms with Crippen LogP contribution in [0.5, 0.6) is 0 Å². The molecule has 1 aliphatic rings. The maximum absolute atomic E-state index is 4.26. The molecule has 4 heteroatoms. The lowest BCUT2D eigenvalue weighted by Crippen LogP contribution is -2.30. The Morgan fingerprint density at radius 3 is 3.38 bits per heavy atom. The van der Waals surface area contributed by atoms with Gasteiger partial charge in [-0.25, -0.2) is 4.98 Å². The van der Waals surface area contributed by atoms with Crippen LogP contribution in [0.3, 0.4) is 0 Å². The minimum absolute atomic E-state index is 0.850. The van der Waals surface area contributed by atoms with Crippen LogP contribution in [0.1, 0.15) is 12.8 Å². The van der Waals surface area contributed by atoms with Crippen molar-refractivity contribution in [2.75, 3.05) is 18.8 Å². The first kappa shape index (κ1) is 9.49. The molecule has 72 valence electrons. The Morgan fingerprint density at radius 2 is 2.69 bits per heavy atom. The highest BCUT2D eigenvalue weighted by Gasteiger charge is 2.13. The highest BCUT2D eigenvalue weighted by atomic mass is 32.2. The van der Waals surface area contributed by atoms with E-state index in [-0.39, 0.29) is 0 Å². The summed E-state index contributed by atoms with van der Waals surface area (Å²) in [5, 5.41) is 5.48. The van der Waals surface area contributed by atoms with Gasteiger partial charge in [0.05, 0.1) is 0 Å². The molecule has 0 spiro atoms. The summed E-state index contributed by atoms with van der Waals surface area (Å²) in [6.45, 7) is 2.40. The Hall–Kier alpha value is -0.0600. The predicted octanol–water partition coefficient (Wildman–Crippen LogP) is 2.23. The van der Waals surface area contributed by atoms with Gasteiger partial charge in [-0.1, -0.05) is 11.8 Å².